The van der Waals surface area contributed by atoms with Crippen LogP contribution in [0.1, 0.15) is 47.2 Å². The van der Waals surface area contributed by atoms with Gasteiger partial charge < -0.3 is 9.64 Å². The summed E-state index contributed by atoms with van der Waals surface area (Å²) in [7, 11) is 1.60. The van der Waals surface area contributed by atoms with Gasteiger partial charge in [-0.3, -0.25) is 14.5 Å². The number of carbonyl (C=O) groups is 2. The maximum atomic E-state index is 13.6. The Labute approximate surface area is 181 Å². The third-order valence-electron chi connectivity index (χ3n) is 6.19. The van der Waals surface area contributed by atoms with Crippen LogP contribution in [0.5, 0.6) is 0 Å². The maximum absolute atomic E-state index is 13.6. The number of hydrogen-bond acceptors (Lipinski definition) is 5. The van der Waals surface area contributed by atoms with Gasteiger partial charge in [-0.2, -0.15) is 0 Å². The second kappa shape index (κ2) is 8.34. The summed E-state index contributed by atoms with van der Waals surface area (Å²) >= 11 is 0. The highest BCUT2D eigenvalue weighted by Crippen LogP contribution is 2.36. The van der Waals surface area contributed by atoms with Crippen molar-refractivity contribution in [2.45, 2.75) is 38.5 Å². The van der Waals surface area contributed by atoms with E-state index in [1.165, 1.54) is 12.1 Å². The van der Waals surface area contributed by atoms with E-state index in [0.717, 1.165) is 24.1 Å². The summed E-state index contributed by atoms with van der Waals surface area (Å²) in [5.74, 6) is 0.666. The Morgan fingerprint density at radius 3 is 2.87 bits per heavy atom. The molecule has 0 aliphatic carbocycles. The molecule has 31 heavy (non-hydrogen) atoms. The van der Waals surface area contributed by atoms with Gasteiger partial charge in [0, 0.05) is 42.4 Å². The summed E-state index contributed by atoms with van der Waals surface area (Å²) in [6.07, 6.45) is 1.92. The molecule has 164 valence electrons. The zero-order valence-corrected chi connectivity index (χ0v) is 18.2. The molecule has 1 saturated heterocycles. The van der Waals surface area contributed by atoms with E-state index in [4.69, 9.17) is 14.7 Å². The monoisotopic (exact) mass is 426 g/mol. The number of aromatic nitrogens is 2. The number of nitrogens with zero attached hydrogens (tertiary/aromatic N) is 4. The van der Waals surface area contributed by atoms with Gasteiger partial charge in [0.25, 0.3) is 5.91 Å². The lowest BCUT2D eigenvalue weighted by atomic mass is 9.80. The SMILES string of the molecule is COCCN1C(=O)Cc2c(C)nc([C@]3(C)CCCN(C(=O)c4cccc(F)c4)C3)nc21. The van der Waals surface area contributed by atoms with Crippen LogP contribution in [0, 0.1) is 12.7 Å². The first-order chi connectivity index (χ1) is 14.8. The molecule has 2 aliphatic rings. The van der Waals surface area contributed by atoms with E-state index in [0.29, 0.717) is 49.9 Å². The molecule has 3 heterocycles. The van der Waals surface area contributed by atoms with Gasteiger partial charge in [0.05, 0.1) is 19.6 Å². The highest BCUT2D eigenvalue weighted by Gasteiger charge is 2.40. The second-order valence-corrected chi connectivity index (χ2v) is 8.55. The topological polar surface area (TPSA) is 75.6 Å². The Morgan fingerprint density at radius 1 is 1.32 bits per heavy atom. The number of amides is 2. The van der Waals surface area contributed by atoms with Crippen molar-refractivity contribution in [1.82, 2.24) is 14.9 Å². The van der Waals surface area contributed by atoms with Crippen molar-refractivity contribution in [2.75, 3.05) is 38.3 Å². The quantitative estimate of drug-likeness (QED) is 0.735. The summed E-state index contributed by atoms with van der Waals surface area (Å²) in [6, 6.07) is 5.77. The van der Waals surface area contributed by atoms with Crippen LogP contribution in [0.3, 0.4) is 0 Å². The van der Waals surface area contributed by atoms with Gasteiger partial charge in [0.2, 0.25) is 5.91 Å². The van der Waals surface area contributed by atoms with Crippen LogP contribution in [0.2, 0.25) is 0 Å². The predicted octanol–water partition coefficient (Wildman–Crippen LogP) is 2.65. The zero-order valence-electron chi connectivity index (χ0n) is 18.2. The van der Waals surface area contributed by atoms with Crippen molar-refractivity contribution in [3.8, 4) is 0 Å². The van der Waals surface area contributed by atoms with Crippen LogP contribution in [0.15, 0.2) is 24.3 Å². The maximum Gasteiger partial charge on any atom is 0.253 e. The van der Waals surface area contributed by atoms with Gasteiger partial charge in [-0.1, -0.05) is 13.0 Å². The first-order valence-corrected chi connectivity index (χ1v) is 10.5. The number of anilines is 1. The highest BCUT2D eigenvalue weighted by atomic mass is 19.1. The molecular weight excluding hydrogens is 399 g/mol. The van der Waals surface area contributed by atoms with Gasteiger partial charge in [0.15, 0.2) is 0 Å². The highest BCUT2D eigenvalue weighted by molar-refractivity contribution is 6.00. The zero-order chi connectivity index (χ0) is 22.2. The van der Waals surface area contributed by atoms with E-state index < -0.39 is 11.2 Å². The van der Waals surface area contributed by atoms with Crippen LogP contribution in [0.4, 0.5) is 10.2 Å². The molecule has 1 aromatic heterocycles. The standard InChI is InChI=1S/C23H27FN4O3/c1-15-18-13-19(29)28(10-11-31-3)20(18)26-22(25-15)23(2)8-5-9-27(14-23)21(30)16-6-4-7-17(24)12-16/h4,6-7,12H,5,8-11,13-14H2,1-3H3/t23-/m1/s1. The first kappa shape index (κ1) is 21.4. The number of ether oxygens (including phenoxy) is 1. The lowest BCUT2D eigenvalue weighted by Gasteiger charge is -2.39. The molecule has 1 fully saturated rings. The molecule has 0 radical (unpaired) electrons. The van der Waals surface area contributed by atoms with Crippen molar-refractivity contribution < 1.29 is 18.7 Å². The van der Waals surface area contributed by atoms with Gasteiger partial charge >= 0.3 is 0 Å². The molecule has 1 atom stereocenters. The number of piperidine rings is 1. The number of rotatable bonds is 5. The molecule has 0 unspecified atom stereocenters. The molecule has 0 bridgehead atoms. The van der Waals surface area contributed by atoms with E-state index >= 15 is 0 Å². The fraction of sp³-hybridized carbons (Fsp3) is 0.478. The largest absolute Gasteiger partial charge is 0.383 e. The van der Waals surface area contributed by atoms with E-state index in [2.05, 4.69) is 6.92 Å². The fourth-order valence-electron chi connectivity index (χ4n) is 4.46. The third-order valence-corrected chi connectivity index (χ3v) is 6.19. The molecule has 2 aliphatic heterocycles. The Balaban J connectivity index is 1.63. The van der Waals surface area contributed by atoms with Crippen LogP contribution in [0.25, 0.3) is 0 Å². The molecule has 7 nitrogen and oxygen atoms in total. The number of carbonyl (C=O) groups excluding carboxylic acids is 2. The Bertz CT molecular complexity index is 1030. The molecule has 1 aromatic carbocycles. The van der Waals surface area contributed by atoms with Crippen LogP contribution < -0.4 is 4.90 Å². The minimum Gasteiger partial charge on any atom is -0.383 e. The van der Waals surface area contributed by atoms with Gasteiger partial charge in [-0.15, -0.1) is 0 Å². The van der Waals surface area contributed by atoms with Crippen molar-refractivity contribution in [3.63, 3.8) is 0 Å². The summed E-state index contributed by atoms with van der Waals surface area (Å²) < 4.78 is 18.8. The van der Waals surface area contributed by atoms with E-state index in [1.807, 2.05) is 6.92 Å². The Hall–Kier alpha value is -2.87. The average Bonchev–Trinajstić information content (AvgIpc) is 3.07. The number of hydrogen-bond donors (Lipinski definition) is 0. The Morgan fingerprint density at radius 2 is 2.13 bits per heavy atom. The van der Waals surface area contributed by atoms with E-state index in [1.54, 1.807) is 29.0 Å². The van der Waals surface area contributed by atoms with Gasteiger partial charge in [0.1, 0.15) is 17.5 Å². The summed E-state index contributed by atoms with van der Waals surface area (Å²) in [4.78, 5) is 38.5. The third kappa shape index (κ3) is 4.04. The molecule has 0 spiro atoms. The molecule has 8 heteroatoms. The van der Waals surface area contributed by atoms with E-state index in [-0.39, 0.29) is 11.8 Å². The molecule has 0 N–H and O–H groups in total. The number of methoxy groups -OCH3 is 1. The molecule has 4 rings (SSSR count). The van der Waals surface area contributed by atoms with Crippen LogP contribution in [-0.2, 0) is 21.4 Å². The number of likely N-dealkylation sites (tertiary alicyclic amines) is 1. The van der Waals surface area contributed by atoms with Crippen molar-refractivity contribution in [1.29, 1.82) is 0 Å². The number of aryl methyl sites for hydroxylation is 1. The van der Waals surface area contributed by atoms with Crippen LogP contribution >= 0.6 is 0 Å². The molecule has 2 aromatic rings. The molecule has 2 amide bonds. The number of halogens is 1. The fourth-order valence-corrected chi connectivity index (χ4v) is 4.46. The minimum atomic E-state index is -0.459. The summed E-state index contributed by atoms with van der Waals surface area (Å²) in [5, 5.41) is 0. The minimum absolute atomic E-state index is 0.00157. The van der Waals surface area contributed by atoms with Crippen LogP contribution in [-0.4, -0.2) is 60.0 Å². The lowest BCUT2D eigenvalue weighted by Crippen LogP contribution is -2.48. The molecule has 0 saturated carbocycles. The van der Waals surface area contributed by atoms with Crippen molar-refractivity contribution in [2.24, 2.45) is 0 Å². The number of fused-ring (bicyclic) bond motifs is 1. The van der Waals surface area contributed by atoms with Crippen molar-refractivity contribution in [3.05, 3.63) is 52.7 Å². The normalized spacial score (nSPS) is 20.8. The smallest absolute Gasteiger partial charge is 0.253 e. The summed E-state index contributed by atoms with van der Waals surface area (Å²) in [6.45, 7) is 5.87. The predicted molar refractivity (Wildman–Crippen MR) is 114 cm³/mol. The lowest BCUT2D eigenvalue weighted by molar-refractivity contribution is -0.117. The first-order valence-electron chi connectivity index (χ1n) is 10.5. The van der Waals surface area contributed by atoms with E-state index in [9.17, 15) is 14.0 Å². The van der Waals surface area contributed by atoms with Crippen molar-refractivity contribution >= 4 is 17.6 Å². The molecular formula is C23H27FN4O3. The number of benzene rings is 1. The average molecular weight is 426 g/mol. The second-order valence-electron chi connectivity index (χ2n) is 8.55. The Kier molecular flexibility index (Phi) is 5.75. The summed E-state index contributed by atoms with van der Waals surface area (Å²) in [5.41, 5.74) is 1.53. The van der Waals surface area contributed by atoms with Gasteiger partial charge in [-0.25, -0.2) is 14.4 Å². The van der Waals surface area contributed by atoms with Gasteiger partial charge in [-0.05, 0) is 38.0 Å².